The number of ether oxygens (including phenoxy) is 3. The first kappa shape index (κ1) is 34.7. The van der Waals surface area contributed by atoms with E-state index in [2.05, 4.69) is 17.2 Å². The number of carbonyl (C=O) groups is 2. The molecule has 2 heterocycles. The van der Waals surface area contributed by atoms with Crippen LogP contribution in [0, 0.1) is 11.8 Å². The van der Waals surface area contributed by atoms with E-state index in [0.29, 0.717) is 55.3 Å². The summed E-state index contributed by atoms with van der Waals surface area (Å²) in [6.45, 7) is 5.22. The summed E-state index contributed by atoms with van der Waals surface area (Å²) >= 11 is 0. The van der Waals surface area contributed by atoms with E-state index < -0.39 is 41.0 Å². The fourth-order valence-electron chi connectivity index (χ4n) is 5.56. The summed E-state index contributed by atoms with van der Waals surface area (Å²) in [5, 5.41) is 12.8. The van der Waals surface area contributed by atoms with Crippen molar-refractivity contribution in [1.29, 1.82) is 0 Å². The molecule has 0 saturated carbocycles. The predicted molar refractivity (Wildman–Crippen MR) is 153 cm³/mol. The molecule has 2 N–H and O–H groups in total. The third-order valence-electron chi connectivity index (χ3n) is 7.91. The van der Waals surface area contributed by atoms with Crippen LogP contribution in [-0.4, -0.2) is 60.7 Å². The second-order valence-corrected chi connectivity index (χ2v) is 10.9. The van der Waals surface area contributed by atoms with Crippen LogP contribution in [-0.2, 0) is 28.8 Å². The Labute approximate surface area is 262 Å². The number of benzene rings is 2. The molecule has 14 heteroatoms. The molecule has 1 fully saturated rings. The van der Waals surface area contributed by atoms with Gasteiger partial charge in [0.05, 0.1) is 6.54 Å². The molecule has 250 valence electrons. The van der Waals surface area contributed by atoms with Crippen molar-refractivity contribution < 1.29 is 55.2 Å². The maximum Gasteiger partial charge on any atom is 0.430 e. The molecule has 2 aromatic carbocycles. The van der Waals surface area contributed by atoms with Gasteiger partial charge in [0.25, 0.3) is 11.5 Å². The number of nitrogens with one attached hydrogen (secondary N) is 1. The topological polar surface area (TPSA) is 97.3 Å². The number of rotatable bonds is 10. The first-order chi connectivity index (χ1) is 21.6. The Morgan fingerprint density at radius 1 is 0.913 bits per heavy atom. The normalized spacial score (nSPS) is 18.3. The molecule has 8 nitrogen and oxygen atoms in total. The smallest absolute Gasteiger partial charge is 0.430 e. The van der Waals surface area contributed by atoms with Crippen LogP contribution in [0.4, 0.5) is 31.1 Å². The fourth-order valence-corrected chi connectivity index (χ4v) is 5.56. The standard InChI is InChI=1S/C32H34F6N2O6/c1-4-9-20-17-23(30(43,31(33,34)35)32(36,37)38)18-21(10-5-2)26(20)46-14-8-7-13-40-27(41)29(6-3,39-28(40)42)22-11-12-24-25(19-22)45-16-15-44-24/h11-12,17-19,43H,4-6,9-10,13-16H2,1-3H3,(H,39,42). The average molecular weight is 657 g/mol. The molecule has 2 aliphatic rings. The zero-order chi connectivity index (χ0) is 33.9. The van der Waals surface area contributed by atoms with Crippen LogP contribution in [0.2, 0.25) is 0 Å². The van der Waals surface area contributed by atoms with E-state index in [-0.39, 0.29) is 49.3 Å². The fraction of sp³-hybridized carbons (Fsp3) is 0.500. The number of urea groups is 1. The van der Waals surface area contributed by atoms with Crippen molar-refractivity contribution in [2.45, 2.75) is 76.4 Å². The number of aliphatic hydroxyl groups is 1. The molecule has 0 spiro atoms. The van der Waals surface area contributed by atoms with Crippen molar-refractivity contribution in [2.75, 3.05) is 26.4 Å². The van der Waals surface area contributed by atoms with Crippen LogP contribution in [0.15, 0.2) is 30.3 Å². The summed E-state index contributed by atoms with van der Waals surface area (Å²) in [7, 11) is 0. The Morgan fingerprint density at radius 3 is 2.04 bits per heavy atom. The van der Waals surface area contributed by atoms with Crippen molar-refractivity contribution in [1.82, 2.24) is 10.2 Å². The number of halogens is 6. The molecule has 1 atom stereocenters. The third-order valence-corrected chi connectivity index (χ3v) is 7.91. The maximum atomic E-state index is 13.6. The zero-order valence-electron chi connectivity index (χ0n) is 25.5. The Hall–Kier alpha value is -4.12. The number of carbonyl (C=O) groups excluding carboxylic acids is 2. The Kier molecular flexibility index (Phi) is 10.1. The highest BCUT2D eigenvalue weighted by Gasteiger charge is 2.71. The van der Waals surface area contributed by atoms with Crippen molar-refractivity contribution in [2.24, 2.45) is 0 Å². The van der Waals surface area contributed by atoms with Gasteiger partial charge in [-0.3, -0.25) is 9.69 Å². The second kappa shape index (κ2) is 13.3. The van der Waals surface area contributed by atoms with Crippen LogP contribution in [0.25, 0.3) is 0 Å². The van der Waals surface area contributed by atoms with E-state index in [1.54, 1.807) is 39.0 Å². The highest BCUT2D eigenvalue weighted by molar-refractivity contribution is 6.07. The number of hydrogen-bond donors (Lipinski definition) is 2. The number of imide groups is 1. The summed E-state index contributed by atoms with van der Waals surface area (Å²) in [6, 6.07) is 5.67. The third kappa shape index (κ3) is 6.29. The van der Waals surface area contributed by atoms with E-state index >= 15 is 0 Å². The van der Waals surface area contributed by atoms with E-state index in [9.17, 15) is 41.0 Å². The van der Waals surface area contributed by atoms with E-state index in [1.165, 1.54) is 0 Å². The van der Waals surface area contributed by atoms with Gasteiger partial charge < -0.3 is 24.6 Å². The Bertz CT molecular complexity index is 1490. The molecule has 0 aliphatic carbocycles. The number of amides is 3. The van der Waals surface area contributed by atoms with Gasteiger partial charge in [0.15, 0.2) is 11.5 Å². The zero-order valence-corrected chi connectivity index (χ0v) is 25.5. The summed E-state index contributed by atoms with van der Waals surface area (Å²) in [6.07, 6.45) is -10.9. The molecule has 1 unspecified atom stereocenters. The minimum Gasteiger partial charge on any atom is -0.486 e. The first-order valence-corrected chi connectivity index (χ1v) is 14.8. The first-order valence-electron chi connectivity index (χ1n) is 14.8. The van der Waals surface area contributed by atoms with Crippen molar-refractivity contribution in [3.05, 3.63) is 52.6 Å². The van der Waals surface area contributed by atoms with Crippen LogP contribution in [0.1, 0.15) is 62.3 Å². The van der Waals surface area contributed by atoms with Crippen LogP contribution in [0.3, 0.4) is 0 Å². The summed E-state index contributed by atoms with van der Waals surface area (Å²) in [5.41, 5.74) is -7.15. The molecular weight excluding hydrogens is 622 g/mol. The van der Waals surface area contributed by atoms with Gasteiger partial charge in [0.1, 0.15) is 31.1 Å². The largest absolute Gasteiger partial charge is 0.486 e. The average Bonchev–Trinajstić information content (AvgIpc) is 3.25. The lowest BCUT2D eigenvalue weighted by Crippen LogP contribution is -2.54. The highest BCUT2D eigenvalue weighted by atomic mass is 19.4. The number of aryl methyl sites for hydroxylation is 2. The summed E-state index contributed by atoms with van der Waals surface area (Å²) < 4.78 is 98.8. The van der Waals surface area contributed by atoms with Gasteiger partial charge in [-0.05, 0) is 60.2 Å². The lowest BCUT2D eigenvalue weighted by molar-refractivity contribution is -0.376. The molecule has 0 aromatic heterocycles. The van der Waals surface area contributed by atoms with Gasteiger partial charge in [-0.25, -0.2) is 4.79 Å². The monoisotopic (exact) mass is 656 g/mol. The van der Waals surface area contributed by atoms with Crippen LogP contribution in [0.5, 0.6) is 17.2 Å². The van der Waals surface area contributed by atoms with E-state index in [4.69, 9.17) is 14.2 Å². The van der Waals surface area contributed by atoms with Crippen molar-refractivity contribution in [3.63, 3.8) is 0 Å². The number of hydrogen-bond acceptors (Lipinski definition) is 6. The molecule has 46 heavy (non-hydrogen) atoms. The Morgan fingerprint density at radius 2 is 1.50 bits per heavy atom. The van der Waals surface area contributed by atoms with Gasteiger partial charge >= 0.3 is 18.4 Å². The van der Waals surface area contributed by atoms with E-state index in [1.807, 2.05) is 0 Å². The molecular formula is C32H34F6N2O6. The van der Waals surface area contributed by atoms with Gasteiger partial charge in [-0.1, -0.05) is 51.5 Å². The van der Waals surface area contributed by atoms with Crippen molar-refractivity contribution in [3.8, 4) is 29.1 Å². The minimum absolute atomic E-state index is 0.0541. The predicted octanol–water partition coefficient (Wildman–Crippen LogP) is 5.91. The maximum absolute atomic E-state index is 13.6. The van der Waals surface area contributed by atoms with Gasteiger partial charge in [-0.15, -0.1) is 0 Å². The minimum atomic E-state index is -6.02. The van der Waals surface area contributed by atoms with Crippen molar-refractivity contribution >= 4 is 11.9 Å². The van der Waals surface area contributed by atoms with Crippen LogP contribution < -0.4 is 19.5 Å². The summed E-state index contributed by atoms with van der Waals surface area (Å²) in [5.74, 6) is 5.88. The molecule has 3 amide bonds. The molecule has 1 saturated heterocycles. The number of nitrogens with zero attached hydrogens (tertiary/aromatic N) is 1. The molecule has 0 radical (unpaired) electrons. The number of alkyl halides is 6. The van der Waals surface area contributed by atoms with Gasteiger partial charge in [0, 0.05) is 5.56 Å². The lowest BCUT2D eigenvalue weighted by Gasteiger charge is -2.33. The molecule has 4 rings (SSSR count). The van der Waals surface area contributed by atoms with Gasteiger partial charge in [-0.2, -0.15) is 26.3 Å². The summed E-state index contributed by atoms with van der Waals surface area (Å²) in [4.78, 5) is 27.3. The quantitative estimate of drug-likeness (QED) is 0.188. The lowest BCUT2D eigenvalue weighted by atomic mass is 9.87. The van der Waals surface area contributed by atoms with Gasteiger partial charge in [0.2, 0.25) is 0 Å². The number of fused-ring (bicyclic) bond motifs is 1. The van der Waals surface area contributed by atoms with Crippen LogP contribution >= 0.6 is 0 Å². The molecule has 0 bridgehead atoms. The highest BCUT2D eigenvalue weighted by Crippen LogP contribution is 2.51. The molecule has 2 aromatic rings. The second-order valence-electron chi connectivity index (χ2n) is 10.9. The molecule has 2 aliphatic heterocycles. The Balaban J connectivity index is 1.55. The SMILES string of the molecule is CCCc1cc(C(O)(C(F)(F)F)C(F)(F)F)cc(CCC)c1OCC#CCN1C(=O)NC(CC)(c2ccc3c(c2)OCCO3)C1=O. The van der Waals surface area contributed by atoms with E-state index in [0.717, 1.165) is 4.90 Å².